The van der Waals surface area contributed by atoms with Gasteiger partial charge in [-0.3, -0.25) is 4.18 Å². The highest BCUT2D eigenvalue weighted by atomic mass is 32.2. The van der Waals surface area contributed by atoms with Crippen molar-refractivity contribution in [2.24, 2.45) is 0 Å². The fourth-order valence-electron chi connectivity index (χ4n) is 1.94. The van der Waals surface area contributed by atoms with Gasteiger partial charge in [0.2, 0.25) is 0 Å². The molecule has 1 amide bonds. The molecule has 0 radical (unpaired) electrons. The number of hydrogen-bond donors (Lipinski definition) is 0. The highest BCUT2D eigenvalue weighted by Gasteiger charge is 2.49. The number of halogens is 4. The molecule has 0 bridgehead atoms. The van der Waals surface area contributed by atoms with E-state index in [1.807, 2.05) is 0 Å². The summed E-state index contributed by atoms with van der Waals surface area (Å²) in [6.07, 6.45) is -0.900. The van der Waals surface area contributed by atoms with Gasteiger partial charge in [-0.05, 0) is 33.6 Å². The molecule has 11 heteroatoms. The molecule has 0 aromatic carbocycles. The molecule has 0 saturated carbocycles. The highest BCUT2D eigenvalue weighted by molar-refractivity contribution is 7.87. The normalized spacial score (nSPS) is 23.7. The lowest BCUT2D eigenvalue weighted by atomic mass is 9.96. The van der Waals surface area contributed by atoms with Gasteiger partial charge in [-0.2, -0.15) is 21.6 Å². The van der Waals surface area contributed by atoms with Crippen molar-refractivity contribution in [2.75, 3.05) is 19.7 Å². The van der Waals surface area contributed by atoms with Gasteiger partial charge < -0.3 is 9.64 Å². The molecule has 1 aliphatic rings. The SMILES string of the molecule is CC(C)(C)OC(=O)N1CCC[C@@](F)(COS(=O)(=O)C(F)(F)F)C1. The third-order valence-corrected chi connectivity index (χ3v) is 3.93. The Morgan fingerprint density at radius 2 is 1.83 bits per heavy atom. The van der Waals surface area contributed by atoms with Gasteiger partial charge in [0.1, 0.15) is 12.2 Å². The zero-order valence-electron chi connectivity index (χ0n) is 12.9. The van der Waals surface area contributed by atoms with E-state index in [1.165, 1.54) is 0 Å². The third-order valence-electron chi connectivity index (χ3n) is 2.94. The molecule has 0 spiro atoms. The van der Waals surface area contributed by atoms with E-state index in [9.17, 15) is 30.8 Å². The second-order valence-electron chi connectivity index (χ2n) is 6.32. The molecule has 1 saturated heterocycles. The number of rotatable bonds is 3. The maximum Gasteiger partial charge on any atom is 0.523 e. The summed E-state index contributed by atoms with van der Waals surface area (Å²) in [5, 5.41) is 0. The number of amides is 1. The smallest absolute Gasteiger partial charge is 0.444 e. The van der Waals surface area contributed by atoms with Gasteiger partial charge in [-0.25, -0.2) is 9.18 Å². The number of piperidine rings is 1. The van der Waals surface area contributed by atoms with Crippen molar-refractivity contribution in [3.05, 3.63) is 0 Å². The lowest BCUT2D eigenvalue weighted by molar-refractivity contribution is -0.0617. The van der Waals surface area contributed by atoms with Crippen molar-refractivity contribution in [3.8, 4) is 0 Å². The molecule has 0 N–H and O–H groups in total. The minimum Gasteiger partial charge on any atom is -0.444 e. The summed E-state index contributed by atoms with van der Waals surface area (Å²) in [5.41, 5.74) is -8.83. The van der Waals surface area contributed by atoms with Crippen LogP contribution in [-0.2, 0) is 19.0 Å². The van der Waals surface area contributed by atoms with Crippen LogP contribution < -0.4 is 0 Å². The van der Waals surface area contributed by atoms with Crippen molar-refractivity contribution in [1.29, 1.82) is 0 Å². The first kappa shape index (κ1) is 19.9. The predicted molar refractivity (Wildman–Crippen MR) is 71.8 cm³/mol. The Kier molecular flexibility index (Phi) is 5.57. The quantitative estimate of drug-likeness (QED) is 0.437. The number of likely N-dealkylation sites (tertiary alicyclic amines) is 1. The standard InChI is InChI=1S/C12H19F4NO5S/c1-10(2,3)22-9(18)17-6-4-5-11(13,7-17)8-21-23(19,20)12(14,15)16/h4-8H2,1-3H3/t11-/m0/s1. The lowest BCUT2D eigenvalue weighted by Crippen LogP contribution is -2.51. The molecular formula is C12H19F4NO5S. The maximum atomic E-state index is 14.5. The Balaban J connectivity index is 2.71. The summed E-state index contributed by atoms with van der Waals surface area (Å²) in [7, 11) is -5.88. The molecule has 0 aromatic heterocycles. The maximum absolute atomic E-state index is 14.5. The van der Waals surface area contributed by atoms with Gasteiger partial charge in [0, 0.05) is 6.54 Å². The van der Waals surface area contributed by atoms with E-state index in [2.05, 4.69) is 4.18 Å². The zero-order chi connectivity index (χ0) is 18.1. The minimum atomic E-state index is -5.88. The van der Waals surface area contributed by atoms with Crippen molar-refractivity contribution in [2.45, 2.75) is 50.4 Å². The molecule has 0 aromatic rings. The molecule has 6 nitrogen and oxygen atoms in total. The second kappa shape index (κ2) is 6.42. The van der Waals surface area contributed by atoms with E-state index in [1.54, 1.807) is 20.8 Å². The Morgan fingerprint density at radius 1 is 1.26 bits per heavy atom. The molecule has 23 heavy (non-hydrogen) atoms. The molecule has 1 heterocycles. The average molecular weight is 365 g/mol. The van der Waals surface area contributed by atoms with Gasteiger partial charge in [0.05, 0.1) is 6.54 Å². The first-order chi connectivity index (χ1) is 10.2. The average Bonchev–Trinajstić information content (AvgIpc) is 2.33. The highest BCUT2D eigenvalue weighted by Crippen LogP contribution is 2.30. The van der Waals surface area contributed by atoms with Crippen LogP contribution in [0, 0.1) is 0 Å². The van der Waals surface area contributed by atoms with Gasteiger partial charge >= 0.3 is 21.7 Å². The number of hydrogen-bond acceptors (Lipinski definition) is 5. The van der Waals surface area contributed by atoms with E-state index in [-0.39, 0.29) is 19.4 Å². The van der Waals surface area contributed by atoms with Crippen LogP contribution in [0.5, 0.6) is 0 Å². The Bertz CT molecular complexity index is 543. The molecule has 1 aliphatic heterocycles. The van der Waals surface area contributed by atoms with Crippen molar-refractivity contribution in [1.82, 2.24) is 4.90 Å². The Labute approximate surface area is 131 Å². The van der Waals surface area contributed by atoms with E-state index in [0.29, 0.717) is 0 Å². The van der Waals surface area contributed by atoms with Gasteiger partial charge in [0.15, 0.2) is 5.67 Å². The number of alkyl halides is 4. The summed E-state index contributed by atoms with van der Waals surface area (Å²) in [6, 6.07) is 0. The van der Waals surface area contributed by atoms with Crippen LogP contribution >= 0.6 is 0 Å². The number of ether oxygens (including phenoxy) is 1. The molecule has 0 aliphatic carbocycles. The summed E-state index contributed by atoms with van der Waals surface area (Å²) >= 11 is 0. The monoisotopic (exact) mass is 365 g/mol. The minimum absolute atomic E-state index is 0.144. The molecular weight excluding hydrogens is 346 g/mol. The Hall–Kier alpha value is -1.10. The van der Waals surface area contributed by atoms with E-state index < -0.39 is 46.1 Å². The largest absolute Gasteiger partial charge is 0.523 e. The van der Waals surface area contributed by atoms with E-state index >= 15 is 0 Å². The van der Waals surface area contributed by atoms with Gasteiger partial charge in [-0.15, -0.1) is 0 Å². The van der Waals surface area contributed by atoms with Crippen LogP contribution in [0.4, 0.5) is 22.4 Å². The van der Waals surface area contributed by atoms with Crippen molar-refractivity contribution >= 4 is 16.2 Å². The Morgan fingerprint density at radius 3 is 2.30 bits per heavy atom. The molecule has 136 valence electrons. The summed E-state index contributed by atoms with van der Waals surface area (Å²) in [6.45, 7) is 3.07. The molecule has 1 atom stereocenters. The molecule has 0 unspecified atom stereocenters. The summed E-state index contributed by atoms with van der Waals surface area (Å²) < 4.78 is 81.5. The van der Waals surface area contributed by atoms with Gasteiger partial charge in [-0.1, -0.05) is 0 Å². The fraction of sp³-hybridized carbons (Fsp3) is 0.917. The lowest BCUT2D eigenvalue weighted by Gasteiger charge is -2.37. The van der Waals surface area contributed by atoms with E-state index in [0.717, 1.165) is 4.90 Å². The zero-order valence-corrected chi connectivity index (χ0v) is 13.8. The number of carbonyl (C=O) groups is 1. The number of carbonyl (C=O) groups excluding carboxylic acids is 1. The van der Waals surface area contributed by atoms with Crippen molar-refractivity contribution in [3.63, 3.8) is 0 Å². The number of nitrogens with zero attached hydrogens (tertiary/aromatic N) is 1. The van der Waals surface area contributed by atoms with Crippen LogP contribution in [0.25, 0.3) is 0 Å². The third kappa shape index (κ3) is 5.79. The summed E-state index contributed by atoms with van der Waals surface area (Å²) in [4.78, 5) is 12.8. The topological polar surface area (TPSA) is 72.9 Å². The first-order valence-electron chi connectivity index (χ1n) is 6.78. The predicted octanol–water partition coefficient (Wildman–Crippen LogP) is 2.59. The van der Waals surface area contributed by atoms with Crippen LogP contribution in [0.2, 0.25) is 0 Å². The first-order valence-corrected chi connectivity index (χ1v) is 8.19. The summed E-state index contributed by atoms with van der Waals surface area (Å²) in [5.74, 6) is 0. The van der Waals surface area contributed by atoms with Crippen LogP contribution in [-0.4, -0.2) is 55.9 Å². The van der Waals surface area contributed by atoms with Crippen LogP contribution in [0.3, 0.4) is 0 Å². The molecule has 1 fully saturated rings. The van der Waals surface area contributed by atoms with Crippen LogP contribution in [0.1, 0.15) is 33.6 Å². The van der Waals surface area contributed by atoms with Crippen LogP contribution in [0.15, 0.2) is 0 Å². The van der Waals surface area contributed by atoms with Crippen molar-refractivity contribution < 1.29 is 39.7 Å². The second-order valence-corrected chi connectivity index (χ2v) is 7.93. The van der Waals surface area contributed by atoms with Gasteiger partial charge in [0.25, 0.3) is 0 Å². The van der Waals surface area contributed by atoms with E-state index in [4.69, 9.17) is 4.74 Å². The molecule has 1 rings (SSSR count). The fourth-order valence-corrected chi connectivity index (χ4v) is 2.44.